The second-order valence-electron chi connectivity index (χ2n) is 3.41. The number of nitrogens with zero attached hydrogens (tertiary/aromatic N) is 1. The number of aromatic nitrogens is 2. The van der Waals surface area contributed by atoms with Gasteiger partial charge in [-0.2, -0.15) is 0 Å². The maximum Gasteiger partial charge on any atom is 0.262 e. The number of carbonyl (C=O) groups excluding carboxylic acids is 1. The van der Waals surface area contributed by atoms with E-state index < -0.39 is 5.56 Å². The van der Waals surface area contributed by atoms with Gasteiger partial charge in [0.1, 0.15) is 5.56 Å². The summed E-state index contributed by atoms with van der Waals surface area (Å²) in [4.78, 5) is 29.5. The first-order valence-corrected chi connectivity index (χ1v) is 4.75. The van der Waals surface area contributed by atoms with Crippen LogP contribution < -0.4 is 5.56 Å². The van der Waals surface area contributed by atoms with Crippen molar-refractivity contribution in [3.05, 3.63) is 40.0 Å². The Kier molecular flexibility index (Phi) is 2.44. The van der Waals surface area contributed by atoms with E-state index >= 15 is 0 Å². The van der Waals surface area contributed by atoms with Crippen LogP contribution in [0.4, 0.5) is 0 Å². The Morgan fingerprint density at radius 3 is 2.75 bits per heavy atom. The number of aryl methyl sites for hydroxylation is 1. The summed E-state index contributed by atoms with van der Waals surface area (Å²) in [6.45, 7) is 2.96. The molecule has 2 aromatic rings. The van der Waals surface area contributed by atoms with E-state index in [1.165, 1.54) is 13.2 Å². The predicted octanol–water partition coefficient (Wildman–Crippen LogP) is 1.54. The van der Waals surface area contributed by atoms with Gasteiger partial charge in [0.25, 0.3) is 5.56 Å². The van der Waals surface area contributed by atoms with E-state index in [1.807, 2.05) is 0 Å². The van der Waals surface area contributed by atoms with Gasteiger partial charge in [0.2, 0.25) is 0 Å². The highest BCUT2D eigenvalue weighted by Crippen LogP contribution is 2.14. The van der Waals surface area contributed by atoms with E-state index in [0.717, 1.165) is 0 Å². The molecule has 0 fully saturated rings. The summed E-state index contributed by atoms with van der Waals surface area (Å²) in [5, 5.41) is 0. The molecule has 0 saturated carbocycles. The minimum absolute atomic E-state index is 0.0929. The Morgan fingerprint density at radius 2 is 2.25 bits per heavy atom. The summed E-state index contributed by atoms with van der Waals surface area (Å²) in [6.07, 6.45) is 1.49. The predicted molar refractivity (Wildman–Crippen MR) is 57.3 cm³/mol. The highest BCUT2D eigenvalue weighted by molar-refractivity contribution is 5.94. The van der Waals surface area contributed by atoms with Gasteiger partial charge in [0, 0.05) is 0 Å². The van der Waals surface area contributed by atoms with Gasteiger partial charge in [-0.25, -0.2) is 4.98 Å². The van der Waals surface area contributed by atoms with Gasteiger partial charge in [0.15, 0.2) is 17.4 Å². The monoisotopic (exact) mass is 218 g/mol. The van der Waals surface area contributed by atoms with Crippen molar-refractivity contribution in [1.29, 1.82) is 0 Å². The molecule has 2 heterocycles. The minimum atomic E-state index is -0.439. The SMILES string of the molecule is CC(=O)c1c(C)nc(-c2ccco2)[nH]c1=O. The number of hydrogen-bond donors (Lipinski definition) is 1. The van der Waals surface area contributed by atoms with Crippen LogP contribution in [0.1, 0.15) is 23.0 Å². The van der Waals surface area contributed by atoms with E-state index in [2.05, 4.69) is 9.97 Å². The molecule has 0 atom stereocenters. The van der Waals surface area contributed by atoms with Crippen molar-refractivity contribution in [2.45, 2.75) is 13.8 Å². The van der Waals surface area contributed by atoms with Crippen molar-refractivity contribution in [1.82, 2.24) is 9.97 Å². The number of aromatic amines is 1. The van der Waals surface area contributed by atoms with Crippen LogP contribution in [0.15, 0.2) is 27.6 Å². The van der Waals surface area contributed by atoms with Gasteiger partial charge in [-0.1, -0.05) is 0 Å². The third-order valence-corrected chi connectivity index (χ3v) is 2.21. The molecule has 0 aliphatic rings. The Balaban J connectivity index is 2.63. The molecule has 82 valence electrons. The average molecular weight is 218 g/mol. The summed E-state index contributed by atoms with van der Waals surface area (Å²) in [5.41, 5.74) is 0.0596. The molecule has 0 unspecified atom stereocenters. The number of hydrogen-bond acceptors (Lipinski definition) is 4. The summed E-state index contributed by atoms with van der Waals surface area (Å²) in [5.74, 6) is 0.505. The first-order valence-electron chi connectivity index (χ1n) is 4.75. The van der Waals surface area contributed by atoms with Gasteiger partial charge in [-0.3, -0.25) is 9.59 Å². The second kappa shape index (κ2) is 3.77. The lowest BCUT2D eigenvalue weighted by molar-refractivity contribution is 0.101. The average Bonchev–Trinajstić information content (AvgIpc) is 2.67. The lowest BCUT2D eigenvalue weighted by Crippen LogP contribution is -2.20. The maximum atomic E-state index is 11.6. The van der Waals surface area contributed by atoms with Crippen molar-refractivity contribution in [2.75, 3.05) is 0 Å². The van der Waals surface area contributed by atoms with Crippen LogP contribution in [0.2, 0.25) is 0 Å². The van der Waals surface area contributed by atoms with Crippen molar-refractivity contribution in [2.24, 2.45) is 0 Å². The largest absolute Gasteiger partial charge is 0.461 e. The third-order valence-electron chi connectivity index (χ3n) is 2.21. The van der Waals surface area contributed by atoms with Crippen LogP contribution >= 0.6 is 0 Å². The zero-order valence-electron chi connectivity index (χ0n) is 8.90. The van der Waals surface area contributed by atoms with Crippen LogP contribution in [-0.2, 0) is 0 Å². The zero-order chi connectivity index (χ0) is 11.7. The highest BCUT2D eigenvalue weighted by atomic mass is 16.3. The first kappa shape index (κ1) is 10.4. The molecule has 5 nitrogen and oxygen atoms in total. The smallest absolute Gasteiger partial charge is 0.262 e. The van der Waals surface area contributed by atoms with Crippen LogP contribution in [0, 0.1) is 6.92 Å². The van der Waals surface area contributed by atoms with Gasteiger partial charge in [-0.05, 0) is 26.0 Å². The van der Waals surface area contributed by atoms with E-state index in [0.29, 0.717) is 17.3 Å². The normalized spacial score (nSPS) is 10.4. The standard InChI is InChI=1S/C11H10N2O3/c1-6-9(7(2)14)11(15)13-10(12-6)8-4-3-5-16-8/h3-5H,1-2H3,(H,12,13,15). The molecule has 0 bridgehead atoms. The molecule has 16 heavy (non-hydrogen) atoms. The fourth-order valence-corrected chi connectivity index (χ4v) is 1.53. The molecule has 2 rings (SSSR count). The number of nitrogens with one attached hydrogen (secondary N) is 1. The summed E-state index contributed by atoms with van der Waals surface area (Å²) in [7, 11) is 0. The summed E-state index contributed by atoms with van der Waals surface area (Å²) < 4.78 is 5.11. The highest BCUT2D eigenvalue weighted by Gasteiger charge is 2.13. The first-order chi connectivity index (χ1) is 7.59. The van der Waals surface area contributed by atoms with Gasteiger partial charge < -0.3 is 9.40 Å². The summed E-state index contributed by atoms with van der Waals surface area (Å²) in [6, 6.07) is 3.38. The fourth-order valence-electron chi connectivity index (χ4n) is 1.53. The Bertz CT molecular complexity index is 582. The van der Waals surface area contributed by atoms with E-state index in [9.17, 15) is 9.59 Å². The molecule has 2 aromatic heterocycles. The van der Waals surface area contributed by atoms with Crippen molar-refractivity contribution < 1.29 is 9.21 Å². The van der Waals surface area contributed by atoms with Crippen LogP contribution in [0.25, 0.3) is 11.6 Å². The van der Waals surface area contributed by atoms with E-state index in [1.54, 1.807) is 19.1 Å². The molecule has 0 saturated heterocycles. The van der Waals surface area contributed by atoms with Crippen molar-refractivity contribution in [3.63, 3.8) is 0 Å². The van der Waals surface area contributed by atoms with Crippen molar-refractivity contribution >= 4 is 5.78 Å². The van der Waals surface area contributed by atoms with Crippen LogP contribution in [0.5, 0.6) is 0 Å². The molecule has 0 amide bonds. The van der Waals surface area contributed by atoms with Gasteiger partial charge >= 0.3 is 0 Å². The lowest BCUT2D eigenvalue weighted by atomic mass is 10.1. The maximum absolute atomic E-state index is 11.6. The Morgan fingerprint density at radius 1 is 1.50 bits per heavy atom. The van der Waals surface area contributed by atoms with Crippen LogP contribution in [-0.4, -0.2) is 15.8 Å². The number of ketones is 1. The molecular formula is C11H10N2O3. The molecule has 5 heteroatoms. The van der Waals surface area contributed by atoms with Gasteiger partial charge in [-0.15, -0.1) is 0 Å². The molecule has 0 spiro atoms. The number of furan rings is 1. The number of Topliss-reactive ketones (excluding diaryl/α,β-unsaturated/α-hetero) is 1. The molecular weight excluding hydrogens is 208 g/mol. The molecule has 0 aliphatic carbocycles. The zero-order valence-corrected chi connectivity index (χ0v) is 8.90. The number of H-pyrrole nitrogens is 1. The molecule has 1 N–H and O–H groups in total. The van der Waals surface area contributed by atoms with E-state index in [-0.39, 0.29) is 11.3 Å². The molecule has 0 radical (unpaired) electrons. The third kappa shape index (κ3) is 1.67. The van der Waals surface area contributed by atoms with Crippen LogP contribution in [0.3, 0.4) is 0 Å². The fraction of sp³-hybridized carbons (Fsp3) is 0.182. The quantitative estimate of drug-likeness (QED) is 0.775. The number of rotatable bonds is 2. The summed E-state index contributed by atoms with van der Waals surface area (Å²) >= 11 is 0. The lowest BCUT2D eigenvalue weighted by Gasteiger charge is -2.02. The second-order valence-corrected chi connectivity index (χ2v) is 3.41. The number of carbonyl (C=O) groups is 1. The molecule has 0 aromatic carbocycles. The van der Waals surface area contributed by atoms with Crippen molar-refractivity contribution in [3.8, 4) is 11.6 Å². The Labute approximate surface area is 91.1 Å². The topological polar surface area (TPSA) is 76.0 Å². The Hall–Kier alpha value is -2.17. The van der Waals surface area contributed by atoms with E-state index in [4.69, 9.17) is 4.42 Å². The van der Waals surface area contributed by atoms with Gasteiger partial charge in [0.05, 0.1) is 12.0 Å². The minimum Gasteiger partial charge on any atom is -0.461 e. The molecule has 0 aliphatic heterocycles.